The Bertz CT molecular complexity index is 848. The first-order valence-electron chi connectivity index (χ1n) is 7.20. The van der Waals surface area contributed by atoms with Crippen LogP contribution in [0, 0.1) is 0 Å². The van der Waals surface area contributed by atoms with Gasteiger partial charge in [-0.05, 0) is 18.6 Å². The fourth-order valence-electron chi connectivity index (χ4n) is 2.16. The summed E-state index contributed by atoms with van der Waals surface area (Å²) in [7, 11) is 0. The Balaban J connectivity index is 1.67. The first kappa shape index (κ1) is 17.0. The van der Waals surface area contributed by atoms with Crippen molar-refractivity contribution >= 4 is 45.6 Å². The molecule has 0 aliphatic heterocycles. The molecular formula is C16H14Cl2N4OS. The van der Waals surface area contributed by atoms with Gasteiger partial charge in [-0.3, -0.25) is 4.79 Å². The van der Waals surface area contributed by atoms with E-state index in [1.807, 2.05) is 12.1 Å². The minimum Gasteiger partial charge on any atom is -0.325 e. The van der Waals surface area contributed by atoms with Crippen LogP contribution in [-0.2, 0) is 11.2 Å². The summed E-state index contributed by atoms with van der Waals surface area (Å²) in [4.78, 5) is 21.4. The third-order valence-electron chi connectivity index (χ3n) is 3.53. The average molecular weight is 381 g/mol. The summed E-state index contributed by atoms with van der Waals surface area (Å²) in [5, 5.41) is 4.46. The van der Waals surface area contributed by atoms with Gasteiger partial charge in [-0.15, -0.1) is 11.3 Å². The van der Waals surface area contributed by atoms with E-state index in [0.29, 0.717) is 21.6 Å². The third kappa shape index (κ3) is 3.77. The Kier molecular flexibility index (Phi) is 5.18. The zero-order chi connectivity index (χ0) is 17.1. The largest absolute Gasteiger partial charge is 0.325 e. The number of aromatic nitrogens is 3. The normalized spacial score (nSPS) is 12.1. The fourth-order valence-corrected chi connectivity index (χ4v) is 3.39. The van der Waals surface area contributed by atoms with E-state index in [1.54, 1.807) is 42.5 Å². The van der Waals surface area contributed by atoms with Crippen molar-refractivity contribution in [1.82, 2.24) is 14.5 Å². The zero-order valence-corrected chi connectivity index (χ0v) is 15.1. The standard InChI is InChI=1S/C16H14Cl2N4OS/c1-10(22-6-5-19-9-22)15(23)21-16-20-8-12(24-16)7-11-3-2-4-13(17)14(11)18/h2-6,8-10H,7H2,1H3,(H,20,21,23). The van der Waals surface area contributed by atoms with Crippen LogP contribution in [0.1, 0.15) is 23.4 Å². The molecule has 0 saturated carbocycles. The van der Waals surface area contributed by atoms with Gasteiger partial charge in [0.2, 0.25) is 5.91 Å². The minimum absolute atomic E-state index is 0.144. The molecule has 24 heavy (non-hydrogen) atoms. The second-order valence-corrected chi connectivity index (χ2v) is 7.10. The number of amides is 1. The SMILES string of the molecule is CC(C(=O)Nc1ncc(Cc2cccc(Cl)c2Cl)s1)n1ccnc1. The highest BCUT2D eigenvalue weighted by molar-refractivity contribution is 7.15. The van der Waals surface area contributed by atoms with Gasteiger partial charge in [0, 0.05) is 29.9 Å². The second-order valence-electron chi connectivity index (χ2n) is 5.20. The first-order chi connectivity index (χ1) is 11.5. The number of carbonyl (C=O) groups excluding carboxylic acids is 1. The molecule has 1 atom stereocenters. The summed E-state index contributed by atoms with van der Waals surface area (Å²) in [6.07, 6.45) is 7.35. The van der Waals surface area contributed by atoms with E-state index >= 15 is 0 Å². The van der Waals surface area contributed by atoms with Crippen LogP contribution >= 0.6 is 34.5 Å². The summed E-state index contributed by atoms with van der Waals surface area (Å²) in [6, 6.07) is 5.18. The Labute approximate surface area is 153 Å². The highest BCUT2D eigenvalue weighted by Crippen LogP contribution is 2.29. The maximum absolute atomic E-state index is 12.2. The van der Waals surface area contributed by atoms with Crippen molar-refractivity contribution in [2.75, 3.05) is 5.32 Å². The molecule has 2 heterocycles. The van der Waals surface area contributed by atoms with Crippen LogP contribution in [0.4, 0.5) is 5.13 Å². The number of benzene rings is 1. The number of hydrogen-bond donors (Lipinski definition) is 1. The lowest BCUT2D eigenvalue weighted by Gasteiger charge is -2.11. The van der Waals surface area contributed by atoms with E-state index in [2.05, 4.69) is 15.3 Å². The fraction of sp³-hybridized carbons (Fsp3) is 0.188. The Morgan fingerprint density at radius 2 is 2.25 bits per heavy atom. The number of halogens is 2. The van der Waals surface area contributed by atoms with Gasteiger partial charge in [0.1, 0.15) is 6.04 Å². The topological polar surface area (TPSA) is 59.8 Å². The van der Waals surface area contributed by atoms with Crippen molar-refractivity contribution in [2.24, 2.45) is 0 Å². The number of rotatable bonds is 5. The van der Waals surface area contributed by atoms with Crippen LogP contribution in [-0.4, -0.2) is 20.4 Å². The molecule has 0 spiro atoms. The zero-order valence-electron chi connectivity index (χ0n) is 12.7. The first-order valence-corrected chi connectivity index (χ1v) is 8.77. The highest BCUT2D eigenvalue weighted by Gasteiger charge is 2.16. The molecule has 5 nitrogen and oxygen atoms in total. The lowest BCUT2D eigenvalue weighted by molar-refractivity contribution is -0.118. The monoisotopic (exact) mass is 380 g/mol. The molecule has 0 bridgehead atoms. The molecule has 0 fully saturated rings. The average Bonchev–Trinajstić information content (AvgIpc) is 3.23. The quantitative estimate of drug-likeness (QED) is 0.711. The Hall–Kier alpha value is -1.89. The van der Waals surface area contributed by atoms with Gasteiger partial charge < -0.3 is 9.88 Å². The molecule has 1 N–H and O–H groups in total. The summed E-state index contributed by atoms with van der Waals surface area (Å²) in [5.74, 6) is -0.144. The van der Waals surface area contributed by atoms with Gasteiger partial charge in [-0.25, -0.2) is 9.97 Å². The van der Waals surface area contributed by atoms with E-state index in [0.717, 1.165) is 10.4 Å². The van der Waals surface area contributed by atoms with Gasteiger partial charge in [0.15, 0.2) is 5.13 Å². The van der Waals surface area contributed by atoms with Crippen molar-refractivity contribution < 1.29 is 4.79 Å². The Morgan fingerprint density at radius 3 is 3.00 bits per heavy atom. The van der Waals surface area contributed by atoms with E-state index in [9.17, 15) is 4.79 Å². The molecule has 8 heteroatoms. The summed E-state index contributed by atoms with van der Waals surface area (Å²) in [5.41, 5.74) is 0.928. The molecule has 1 unspecified atom stereocenters. The molecule has 1 aromatic carbocycles. The smallest absolute Gasteiger partial charge is 0.248 e. The maximum atomic E-state index is 12.2. The molecule has 2 aromatic heterocycles. The third-order valence-corrected chi connectivity index (χ3v) is 5.30. The van der Waals surface area contributed by atoms with E-state index in [4.69, 9.17) is 23.2 Å². The van der Waals surface area contributed by atoms with Gasteiger partial charge in [0.05, 0.1) is 16.4 Å². The lowest BCUT2D eigenvalue weighted by atomic mass is 10.1. The number of hydrogen-bond acceptors (Lipinski definition) is 4. The van der Waals surface area contributed by atoms with Gasteiger partial charge >= 0.3 is 0 Å². The van der Waals surface area contributed by atoms with E-state index in [-0.39, 0.29) is 11.9 Å². The molecule has 0 radical (unpaired) electrons. The number of imidazole rings is 1. The van der Waals surface area contributed by atoms with Crippen LogP contribution in [0.2, 0.25) is 10.0 Å². The predicted octanol–water partition coefficient (Wildman–Crippen LogP) is 4.44. The van der Waals surface area contributed by atoms with Crippen molar-refractivity contribution in [2.45, 2.75) is 19.4 Å². The van der Waals surface area contributed by atoms with Crippen LogP contribution in [0.15, 0.2) is 43.1 Å². The number of nitrogens with one attached hydrogen (secondary N) is 1. The summed E-state index contributed by atoms with van der Waals surface area (Å²) >= 11 is 13.7. The van der Waals surface area contributed by atoms with Crippen molar-refractivity contribution in [3.8, 4) is 0 Å². The van der Waals surface area contributed by atoms with Crippen molar-refractivity contribution in [3.05, 3.63) is 63.6 Å². The highest BCUT2D eigenvalue weighted by atomic mass is 35.5. The van der Waals surface area contributed by atoms with E-state index < -0.39 is 0 Å². The van der Waals surface area contributed by atoms with E-state index in [1.165, 1.54) is 11.3 Å². The summed E-state index contributed by atoms with van der Waals surface area (Å²) in [6.45, 7) is 1.80. The minimum atomic E-state index is -0.359. The van der Waals surface area contributed by atoms with Crippen LogP contribution < -0.4 is 5.32 Å². The van der Waals surface area contributed by atoms with Crippen molar-refractivity contribution in [3.63, 3.8) is 0 Å². The number of thiazole rings is 1. The summed E-state index contributed by atoms with van der Waals surface area (Å²) < 4.78 is 1.73. The predicted molar refractivity (Wildman–Crippen MR) is 96.9 cm³/mol. The van der Waals surface area contributed by atoms with Gasteiger partial charge in [0.25, 0.3) is 0 Å². The number of nitrogens with zero attached hydrogens (tertiary/aromatic N) is 3. The molecule has 124 valence electrons. The van der Waals surface area contributed by atoms with Crippen LogP contribution in [0.25, 0.3) is 0 Å². The molecule has 0 aliphatic carbocycles. The van der Waals surface area contributed by atoms with Gasteiger partial charge in [-0.1, -0.05) is 35.3 Å². The van der Waals surface area contributed by atoms with Crippen LogP contribution in [0.3, 0.4) is 0 Å². The lowest BCUT2D eigenvalue weighted by Crippen LogP contribution is -2.22. The molecule has 1 amide bonds. The molecule has 0 saturated heterocycles. The van der Waals surface area contributed by atoms with Gasteiger partial charge in [-0.2, -0.15) is 0 Å². The molecule has 0 aliphatic rings. The number of anilines is 1. The van der Waals surface area contributed by atoms with Crippen molar-refractivity contribution in [1.29, 1.82) is 0 Å². The van der Waals surface area contributed by atoms with Crippen LogP contribution in [0.5, 0.6) is 0 Å². The molecular weight excluding hydrogens is 367 g/mol. The Morgan fingerprint density at radius 1 is 1.42 bits per heavy atom. The second kappa shape index (κ2) is 7.34. The number of carbonyl (C=O) groups is 1. The molecule has 3 aromatic rings. The maximum Gasteiger partial charge on any atom is 0.248 e. The molecule has 3 rings (SSSR count).